The van der Waals surface area contributed by atoms with Gasteiger partial charge in [-0.25, -0.2) is 8.42 Å². The molecule has 3 aromatic carbocycles. The highest BCUT2D eigenvalue weighted by atomic mass is 32.2. The van der Waals surface area contributed by atoms with Crippen LogP contribution in [0.3, 0.4) is 0 Å². The Balaban J connectivity index is 1.73. The second-order valence-electron chi connectivity index (χ2n) is 13.2. The first kappa shape index (κ1) is 30.9. The summed E-state index contributed by atoms with van der Waals surface area (Å²) in [6, 6.07) is 29.0. The highest BCUT2D eigenvalue weighted by molar-refractivity contribution is 7.93. The number of sulfone groups is 1. The lowest BCUT2D eigenvalue weighted by Crippen LogP contribution is -2.57. The third-order valence-corrected chi connectivity index (χ3v) is 16.4. The van der Waals surface area contributed by atoms with Crippen LogP contribution in [0.1, 0.15) is 38.3 Å². The first-order valence-electron chi connectivity index (χ1n) is 14.9. The summed E-state index contributed by atoms with van der Waals surface area (Å²) >= 11 is 0. The Morgan fingerprint density at radius 3 is 1.90 bits per heavy atom. The summed E-state index contributed by atoms with van der Waals surface area (Å²) in [6.07, 6.45) is 3.27. The summed E-state index contributed by atoms with van der Waals surface area (Å²) in [4.78, 5) is 0.317. The Morgan fingerprint density at radius 2 is 1.36 bits per heavy atom. The molecule has 0 saturated carbocycles. The van der Waals surface area contributed by atoms with E-state index in [9.17, 15) is 0 Å². The van der Waals surface area contributed by atoms with Gasteiger partial charge in [-0.1, -0.05) is 106 Å². The van der Waals surface area contributed by atoms with Crippen molar-refractivity contribution in [2.24, 2.45) is 5.92 Å². The molecule has 0 N–H and O–H groups in total. The lowest BCUT2D eigenvalue weighted by Gasteiger charge is -2.49. The second kappa shape index (κ2) is 11.9. The van der Waals surface area contributed by atoms with E-state index in [1.807, 2.05) is 60.7 Å². The summed E-state index contributed by atoms with van der Waals surface area (Å²) in [7, 11) is -6.11. The van der Waals surface area contributed by atoms with E-state index in [1.165, 1.54) is 0 Å². The summed E-state index contributed by atoms with van der Waals surface area (Å²) in [6.45, 7) is 12.3. The molecule has 0 bridgehead atoms. The predicted molar refractivity (Wildman–Crippen MR) is 171 cm³/mol. The molecule has 0 aromatic heterocycles. The van der Waals surface area contributed by atoms with E-state index < -0.39 is 34.6 Å². The number of ether oxygens (including phenoxy) is 2. The maximum absolute atomic E-state index is 15.1. The molecular weight excluding hydrogens is 561 g/mol. The lowest BCUT2D eigenvalue weighted by atomic mass is 9.73. The molecule has 1 fully saturated rings. The molecule has 1 saturated heterocycles. The van der Waals surface area contributed by atoms with Gasteiger partial charge >= 0.3 is 0 Å². The zero-order chi connectivity index (χ0) is 30.1. The van der Waals surface area contributed by atoms with Crippen LogP contribution in [0.15, 0.2) is 108 Å². The van der Waals surface area contributed by atoms with Crippen LogP contribution >= 0.6 is 0 Å². The van der Waals surface area contributed by atoms with E-state index in [0.29, 0.717) is 44.0 Å². The summed E-state index contributed by atoms with van der Waals surface area (Å²) in [5, 5.41) is -0.0194. The van der Waals surface area contributed by atoms with Gasteiger partial charge < -0.3 is 13.9 Å². The molecule has 7 heteroatoms. The Kier molecular flexibility index (Phi) is 8.72. The van der Waals surface area contributed by atoms with Gasteiger partial charge in [-0.05, 0) is 59.8 Å². The van der Waals surface area contributed by atoms with E-state index in [0.717, 1.165) is 16.7 Å². The third kappa shape index (κ3) is 5.95. The van der Waals surface area contributed by atoms with Crippen molar-refractivity contribution in [1.29, 1.82) is 0 Å². The Hall–Kier alpha value is -2.55. The van der Waals surface area contributed by atoms with Gasteiger partial charge in [-0.3, -0.25) is 0 Å². The molecule has 0 amide bonds. The van der Waals surface area contributed by atoms with Crippen molar-refractivity contribution in [3.05, 3.63) is 114 Å². The summed E-state index contributed by atoms with van der Waals surface area (Å²) in [5.41, 5.74) is 2.92. The average molecular weight is 605 g/mol. The van der Waals surface area contributed by atoms with Crippen molar-refractivity contribution < 1.29 is 22.3 Å². The first-order chi connectivity index (χ1) is 19.9. The smallest absolute Gasteiger partial charge is 0.191 e. The maximum atomic E-state index is 15.1. The zero-order valence-corrected chi connectivity index (χ0v) is 27.3. The van der Waals surface area contributed by atoms with Crippen LogP contribution in [0, 0.1) is 5.92 Å². The number of hydrogen-bond acceptors (Lipinski definition) is 5. The van der Waals surface area contributed by atoms with Gasteiger partial charge in [0.15, 0.2) is 23.9 Å². The molecule has 5 rings (SSSR count). The van der Waals surface area contributed by atoms with E-state index >= 15 is 8.42 Å². The standard InChI is InChI=1S/C35H44O5SSi/c1-33(2,3)42(4,5)40-27-31-26-35(38-21-22-39-35)30(23-28-15-9-6-10-16-28)25-34(31,24-29-17-11-7-12-18-29)41(36,37)32-19-13-8-14-20-32/h6-20,25,31H,21-24,26-27H2,1-5H3. The van der Waals surface area contributed by atoms with Gasteiger partial charge in [0.2, 0.25) is 0 Å². The van der Waals surface area contributed by atoms with Crippen molar-refractivity contribution >= 4 is 18.2 Å². The van der Waals surface area contributed by atoms with Crippen LogP contribution in [0.5, 0.6) is 0 Å². The van der Waals surface area contributed by atoms with Gasteiger partial charge in [-0.2, -0.15) is 0 Å². The fourth-order valence-corrected chi connectivity index (χ4v) is 9.21. The van der Waals surface area contributed by atoms with Gasteiger partial charge in [0.1, 0.15) is 4.75 Å². The van der Waals surface area contributed by atoms with Gasteiger partial charge in [-0.15, -0.1) is 0 Å². The number of hydrogen-bond donors (Lipinski definition) is 0. The highest BCUT2D eigenvalue weighted by Crippen LogP contribution is 2.51. The van der Waals surface area contributed by atoms with Crippen LogP contribution in [0.4, 0.5) is 0 Å². The molecule has 3 aromatic rings. The largest absolute Gasteiger partial charge is 0.416 e. The molecule has 1 spiro atoms. The van der Waals surface area contributed by atoms with Crippen LogP contribution < -0.4 is 0 Å². The normalized spacial score (nSPS) is 22.7. The van der Waals surface area contributed by atoms with E-state index in [1.54, 1.807) is 24.3 Å². The molecule has 2 aliphatic rings. The quantitative estimate of drug-likeness (QED) is 0.188. The Labute approximate surface area is 253 Å². The minimum absolute atomic E-state index is 0.0194. The minimum Gasteiger partial charge on any atom is -0.416 e. The second-order valence-corrected chi connectivity index (χ2v) is 20.2. The predicted octanol–water partition coefficient (Wildman–Crippen LogP) is 7.40. The SMILES string of the molecule is CC(C)(C)[Si](C)(C)OCC1CC2(OCCO2)C(Cc2ccccc2)=CC1(Cc1ccccc1)S(=O)(=O)c1ccccc1. The molecule has 0 radical (unpaired) electrons. The molecule has 1 heterocycles. The van der Waals surface area contributed by atoms with Crippen molar-refractivity contribution in [2.45, 2.75) is 73.6 Å². The van der Waals surface area contributed by atoms with Gasteiger partial charge in [0.25, 0.3) is 0 Å². The maximum Gasteiger partial charge on any atom is 0.191 e. The molecular formula is C35H44O5SSi. The van der Waals surface area contributed by atoms with Crippen molar-refractivity contribution in [1.82, 2.24) is 0 Å². The van der Waals surface area contributed by atoms with E-state index in [2.05, 4.69) is 46.0 Å². The monoisotopic (exact) mass is 604 g/mol. The number of rotatable bonds is 9. The molecule has 42 heavy (non-hydrogen) atoms. The van der Waals surface area contributed by atoms with E-state index in [-0.39, 0.29) is 5.04 Å². The highest BCUT2D eigenvalue weighted by Gasteiger charge is 2.59. The zero-order valence-electron chi connectivity index (χ0n) is 25.5. The fraction of sp³-hybridized carbons (Fsp3) is 0.429. The van der Waals surface area contributed by atoms with Crippen LogP contribution in [-0.2, 0) is 36.6 Å². The van der Waals surface area contributed by atoms with E-state index in [4.69, 9.17) is 13.9 Å². The van der Waals surface area contributed by atoms with Crippen molar-refractivity contribution in [2.75, 3.05) is 19.8 Å². The molecule has 1 aliphatic heterocycles. The molecule has 224 valence electrons. The topological polar surface area (TPSA) is 61.8 Å². The number of benzene rings is 3. The Morgan fingerprint density at radius 1 is 0.833 bits per heavy atom. The van der Waals surface area contributed by atoms with Crippen LogP contribution in [-0.4, -0.2) is 47.1 Å². The Bertz CT molecular complexity index is 1470. The van der Waals surface area contributed by atoms with Gasteiger partial charge in [0, 0.05) is 18.9 Å². The summed E-state index contributed by atoms with van der Waals surface area (Å²) in [5.74, 6) is -1.39. The van der Waals surface area contributed by atoms with Crippen molar-refractivity contribution in [3.8, 4) is 0 Å². The fourth-order valence-electron chi connectivity index (χ4n) is 5.96. The molecule has 5 nitrogen and oxygen atoms in total. The van der Waals surface area contributed by atoms with Crippen LogP contribution in [0.2, 0.25) is 18.1 Å². The molecule has 2 atom stereocenters. The average Bonchev–Trinajstić information content (AvgIpc) is 3.44. The molecule has 1 aliphatic carbocycles. The van der Waals surface area contributed by atoms with Crippen LogP contribution in [0.25, 0.3) is 0 Å². The van der Waals surface area contributed by atoms with Gasteiger partial charge in [0.05, 0.1) is 18.1 Å². The first-order valence-corrected chi connectivity index (χ1v) is 19.3. The van der Waals surface area contributed by atoms with Crippen molar-refractivity contribution in [3.63, 3.8) is 0 Å². The summed E-state index contributed by atoms with van der Waals surface area (Å²) < 4.78 is 48.6. The lowest BCUT2D eigenvalue weighted by molar-refractivity contribution is -0.150. The third-order valence-electron chi connectivity index (χ3n) is 9.43. The minimum atomic E-state index is -3.90. The molecule has 2 unspecified atom stereocenters.